The number of carbonyl (C=O) groups is 2. The molecule has 16 heavy (non-hydrogen) atoms. The normalized spacial score (nSPS) is 9.44. The fourth-order valence-corrected chi connectivity index (χ4v) is 1.08. The number of hydrogen-bond donors (Lipinski definition) is 2. The van der Waals surface area contributed by atoms with E-state index in [1.165, 1.54) is 14.2 Å². The Bertz CT molecular complexity index is 404. The molecule has 0 unspecified atom stereocenters. The van der Waals surface area contributed by atoms with Gasteiger partial charge in [-0.2, -0.15) is 0 Å². The van der Waals surface area contributed by atoms with Gasteiger partial charge in [0.2, 0.25) is 0 Å². The number of para-hydroxylation sites is 1. The minimum absolute atomic E-state index is 0.278. The summed E-state index contributed by atoms with van der Waals surface area (Å²) in [5.74, 6) is 4.73. The maximum Gasteiger partial charge on any atom is 0.339 e. The smallest absolute Gasteiger partial charge is 0.339 e. The number of nitrogens with zero attached hydrogens (tertiary/aromatic N) is 1. The van der Waals surface area contributed by atoms with E-state index in [1.54, 1.807) is 24.3 Å². The average molecular weight is 223 g/mol. The molecule has 0 fully saturated rings. The molecular formula is C10H13N3O3. The molecule has 0 aromatic heterocycles. The van der Waals surface area contributed by atoms with E-state index in [2.05, 4.69) is 10.1 Å². The number of benzene rings is 1. The van der Waals surface area contributed by atoms with E-state index in [-0.39, 0.29) is 5.56 Å². The zero-order valence-corrected chi connectivity index (χ0v) is 9.06. The number of carbonyl (C=O) groups excluding carboxylic acids is 2. The van der Waals surface area contributed by atoms with E-state index in [0.717, 1.165) is 5.01 Å². The number of nitrogens with two attached hydrogens (primary N) is 1. The maximum atomic E-state index is 11.4. The number of methoxy groups -OCH3 is 1. The lowest BCUT2D eigenvalue weighted by Crippen LogP contribution is -2.37. The summed E-state index contributed by atoms with van der Waals surface area (Å²) in [4.78, 5) is 22.7. The summed E-state index contributed by atoms with van der Waals surface area (Å²) in [6, 6.07) is 5.99. The molecule has 1 aromatic carbocycles. The van der Waals surface area contributed by atoms with Gasteiger partial charge in [0.15, 0.2) is 0 Å². The molecule has 0 aliphatic heterocycles. The molecule has 0 aliphatic carbocycles. The van der Waals surface area contributed by atoms with Crippen molar-refractivity contribution in [2.75, 3.05) is 19.5 Å². The Morgan fingerprint density at radius 2 is 2.00 bits per heavy atom. The predicted octanol–water partition coefficient (Wildman–Crippen LogP) is 0.811. The Balaban J connectivity index is 2.95. The molecule has 2 amide bonds. The number of esters is 1. The van der Waals surface area contributed by atoms with Gasteiger partial charge in [0.25, 0.3) is 0 Å². The number of nitrogens with one attached hydrogen (secondary N) is 1. The van der Waals surface area contributed by atoms with Gasteiger partial charge >= 0.3 is 12.0 Å². The molecule has 3 N–H and O–H groups in total. The minimum Gasteiger partial charge on any atom is -0.465 e. The second-order valence-corrected chi connectivity index (χ2v) is 3.08. The van der Waals surface area contributed by atoms with Gasteiger partial charge in [-0.05, 0) is 12.1 Å². The van der Waals surface area contributed by atoms with Gasteiger partial charge in [0.05, 0.1) is 18.4 Å². The molecule has 0 radical (unpaired) electrons. The van der Waals surface area contributed by atoms with Crippen molar-refractivity contribution in [2.45, 2.75) is 0 Å². The summed E-state index contributed by atoms with van der Waals surface area (Å²) >= 11 is 0. The molecule has 6 nitrogen and oxygen atoms in total. The molecule has 6 heteroatoms. The van der Waals surface area contributed by atoms with E-state index < -0.39 is 12.0 Å². The highest BCUT2D eigenvalue weighted by Crippen LogP contribution is 2.15. The Morgan fingerprint density at radius 1 is 1.38 bits per heavy atom. The van der Waals surface area contributed by atoms with Crippen LogP contribution in [-0.4, -0.2) is 31.2 Å². The highest BCUT2D eigenvalue weighted by atomic mass is 16.5. The van der Waals surface area contributed by atoms with Crippen molar-refractivity contribution in [1.82, 2.24) is 5.01 Å². The highest BCUT2D eigenvalue weighted by molar-refractivity contribution is 6.00. The summed E-state index contributed by atoms with van der Waals surface area (Å²) in [5, 5.41) is 3.37. The molecule has 0 bridgehead atoms. The zero-order valence-electron chi connectivity index (χ0n) is 9.06. The minimum atomic E-state index is -0.518. The lowest BCUT2D eigenvalue weighted by atomic mass is 10.2. The van der Waals surface area contributed by atoms with Gasteiger partial charge in [-0.3, -0.25) is 5.01 Å². The van der Waals surface area contributed by atoms with Crippen LogP contribution in [0.25, 0.3) is 0 Å². The first-order valence-electron chi connectivity index (χ1n) is 4.53. The van der Waals surface area contributed by atoms with Crippen LogP contribution in [0.4, 0.5) is 10.5 Å². The van der Waals surface area contributed by atoms with Crippen LogP contribution in [-0.2, 0) is 4.74 Å². The van der Waals surface area contributed by atoms with E-state index in [0.29, 0.717) is 5.69 Å². The maximum absolute atomic E-state index is 11.4. The molecule has 0 spiro atoms. The van der Waals surface area contributed by atoms with Crippen LogP contribution in [0.3, 0.4) is 0 Å². The number of ether oxygens (including phenoxy) is 1. The predicted molar refractivity (Wildman–Crippen MR) is 58.8 cm³/mol. The van der Waals surface area contributed by atoms with E-state index >= 15 is 0 Å². The van der Waals surface area contributed by atoms with Crippen molar-refractivity contribution < 1.29 is 14.3 Å². The highest BCUT2D eigenvalue weighted by Gasteiger charge is 2.13. The fraction of sp³-hybridized carbons (Fsp3) is 0.200. The Morgan fingerprint density at radius 3 is 2.56 bits per heavy atom. The second kappa shape index (κ2) is 5.13. The number of hydrogen-bond acceptors (Lipinski definition) is 4. The first kappa shape index (κ1) is 12.0. The van der Waals surface area contributed by atoms with E-state index in [1.807, 2.05) is 0 Å². The Kier molecular flexibility index (Phi) is 3.84. The number of urea groups is 1. The largest absolute Gasteiger partial charge is 0.465 e. The van der Waals surface area contributed by atoms with Crippen molar-refractivity contribution in [3.05, 3.63) is 29.8 Å². The third-order valence-corrected chi connectivity index (χ3v) is 1.89. The summed E-state index contributed by atoms with van der Waals surface area (Å²) in [6.45, 7) is 0. The number of amides is 2. The van der Waals surface area contributed by atoms with Crippen LogP contribution in [0, 0.1) is 0 Å². The van der Waals surface area contributed by atoms with Crippen molar-refractivity contribution in [2.24, 2.45) is 5.84 Å². The van der Waals surface area contributed by atoms with E-state index in [9.17, 15) is 9.59 Å². The molecule has 0 aliphatic rings. The lowest BCUT2D eigenvalue weighted by molar-refractivity contribution is 0.0602. The van der Waals surface area contributed by atoms with Gasteiger partial charge in [0, 0.05) is 7.05 Å². The number of rotatable bonds is 2. The molecule has 0 atom stereocenters. The molecule has 0 heterocycles. The first-order chi connectivity index (χ1) is 7.56. The quantitative estimate of drug-likeness (QED) is 0.336. The topological polar surface area (TPSA) is 84.7 Å². The molecule has 1 rings (SSSR count). The SMILES string of the molecule is COC(=O)c1ccccc1NC(=O)N(C)N. The standard InChI is InChI=1S/C10H13N3O3/c1-13(11)10(15)12-8-6-4-3-5-7(8)9(14)16-2/h3-6H,11H2,1-2H3,(H,12,15). The van der Waals surface area contributed by atoms with Crippen LogP contribution in [0.2, 0.25) is 0 Å². The average Bonchev–Trinajstić information content (AvgIpc) is 2.28. The summed E-state index contributed by atoms with van der Waals surface area (Å²) in [7, 11) is 2.67. The van der Waals surface area contributed by atoms with Crippen molar-refractivity contribution in [3.63, 3.8) is 0 Å². The van der Waals surface area contributed by atoms with Crippen molar-refractivity contribution in [1.29, 1.82) is 0 Å². The third kappa shape index (κ3) is 2.71. The monoisotopic (exact) mass is 223 g/mol. The Hall–Kier alpha value is -2.08. The van der Waals surface area contributed by atoms with Gasteiger partial charge in [-0.1, -0.05) is 12.1 Å². The van der Waals surface area contributed by atoms with Gasteiger partial charge in [-0.25, -0.2) is 15.4 Å². The van der Waals surface area contributed by atoms with Gasteiger partial charge < -0.3 is 10.1 Å². The van der Waals surface area contributed by atoms with Crippen LogP contribution >= 0.6 is 0 Å². The zero-order chi connectivity index (χ0) is 12.1. The Labute approximate surface area is 92.9 Å². The van der Waals surface area contributed by atoms with Crippen molar-refractivity contribution in [3.8, 4) is 0 Å². The fourth-order valence-electron chi connectivity index (χ4n) is 1.08. The lowest BCUT2D eigenvalue weighted by Gasteiger charge is -2.13. The molecule has 1 aromatic rings. The molecule has 86 valence electrons. The molecule has 0 saturated heterocycles. The second-order valence-electron chi connectivity index (χ2n) is 3.08. The molecular weight excluding hydrogens is 210 g/mol. The van der Waals surface area contributed by atoms with Crippen LogP contribution in [0.15, 0.2) is 24.3 Å². The molecule has 0 saturated carbocycles. The third-order valence-electron chi connectivity index (χ3n) is 1.89. The first-order valence-corrected chi connectivity index (χ1v) is 4.53. The summed E-state index contributed by atoms with van der Waals surface area (Å²) < 4.78 is 4.58. The van der Waals surface area contributed by atoms with Gasteiger partial charge in [-0.15, -0.1) is 0 Å². The number of hydrazine groups is 1. The number of anilines is 1. The van der Waals surface area contributed by atoms with Crippen LogP contribution < -0.4 is 11.2 Å². The van der Waals surface area contributed by atoms with Crippen molar-refractivity contribution >= 4 is 17.7 Å². The van der Waals surface area contributed by atoms with Gasteiger partial charge in [0.1, 0.15) is 0 Å². The van der Waals surface area contributed by atoms with E-state index in [4.69, 9.17) is 5.84 Å². The van der Waals surface area contributed by atoms with Crippen LogP contribution in [0.1, 0.15) is 10.4 Å². The summed E-state index contributed by atoms with van der Waals surface area (Å²) in [6.07, 6.45) is 0. The summed E-state index contributed by atoms with van der Waals surface area (Å²) in [5.41, 5.74) is 0.636. The van der Waals surface area contributed by atoms with Crippen LogP contribution in [0.5, 0.6) is 0 Å².